The SMILES string of the molecule is CCCNC(CCC)CN1CCOc2ccccc2C1. The molecule has 0 radical (unpaired) electrons. The number of para-hydroxylation sites is 1. The molecule has 112 valence electrons. The Bertz CT molecular complexity index is 394. The van der Waals surface area contributed by atoms with Crippen LogP contribution in [0.1, 0.15) is 38.7 Å². The first-order valence-electron chi connectivity index (χ1n) is 8.00. The van der Waals surface area contributed by atoms with E-state index in [1.807, 2.05) is 0 Å². The zero-order chi connectivity index (χ0) is 14.2. The van der Waals surface area contributed by atoms with Crippen LogP contribution < -0.4 is 10.1 Å². The average molecular weight is 276 g/mol. The van der Waals surface area contributed by atoms with Gasteiger partial charge in [0.15, 0.2) is 0 Å². The van der Waals surface area contributed by atoms with Crippen LogP contribution in [0.2, 0.25) is 0 Å². The van der Waals surface area contributed by atoms with Crippen molar-refractivity contribution < 1.29 is 4.74 Å². The van der Waals surface area contributed by atoms with Crippen LogP contribution >= 0.6 is 0 Å². The molecule has 20 heavy (non-hydrogen) atoms. The maximum atomic E-state index is 5.84. The van der Waals surface area contributed by atoms with Gasteiger partial charge in [-0.05, 0) is 25.5 Å². The number of benzene rings is 1. The van der Waals surface area contributed by atoms with E-state index in [0.29, 0.717) is 6.04 Å². The molecule has 1 unspecified atom stereocenters. The average Bonchev–Trinajstić information content (AvgIpc) is 2.66. The molecule has 1 aromatic rings. The molecule has 1 atom stereocenters. The number of nitrogens with one attached hydrogen (secondary N) is 1. The summed E-state index contributed by atoms with van der Waals surface area (Å²) in [5.41, 5.74) is 1.32. The first-order chi connectivity index (χ1) is 9.83. The Kier molecular flexibility index (Phi) is 6.34. The van der Waals surface area contributed by atoms with Crippen molar-refractivity contribution in [3.63, 3.8) is 0 Å². The molecular formula is C17H28N2O. The van der Waals surface area contributed by atoms with Gasteiger partial charge in [-0.15, -0.1) is 0 Å². The first kappa shape index (κ1) is 15.3. The predicted octanol–water partition coefficient (Wildman–Crippen LogP) is 3.05. The highest BCUT2D eigenvalue weighted by Gasteiger charge is 2.18. The van der Waals surface area contributed by atoms with Crippen molar-refractivity contribution in [2.24, 2.45) is 0 Å². The summed E-state index contributed by atoms with van der Waals surface area (Å²) in [6.45, 7) is 9.54. The Morgan fingerprint density at radius 3 is 2.90 bits per heavy atom. The highest BCUT2D eigenvalue weighted by Crippen LogP contribution is 2.22. The number of hydrogen-bond acceptors (Lipinski definition) is 3. The zero-order valence-electron chi connectivity index (χ0n) is 12.9. The lowest BCUT2D eigenvalue weighted by Gasteiger charge is -2.26. The van der Waals surface area contributed by atoms with Gasteiger partial charge in [-0.2, -0.15) is 0 Å². The molecule has 0 bridgehead atoms. The second kappa shape index (κ2) is 8.28. The van der Waals surface area contributed by atoms with Crippen molar-refractivity contribution in [1.29, 1.82) is 0 Å². The Hall–Kier alpha value is -1.06. The molecule has 2 rings (SSSR count). The molecule has 3 heteroatoms. The van der Waals surface area contributed by atoms with E-state index in [2.05, 4.69) is 48.3 Å². The van der Waals surface area contributed by atoms with Crippen LogP contribution in [-0.4, -0.2) is 37.2 Å². The summed E-state index contributed by atoms with van der Waals surface area (Å²) in [7, 11) is 0. The summed E-state index contributed by atoms with van der Waals surface area (Å²) in [4.78, 5) is 2.52. The van der Waals surface area contributed by atoms with Gasteiger partial charge < -0.3 is 10.1 Å². The standard InChI is InChI=1S/C17H28N2O/c1-3-7-16(18-10-4-2)14-19-11-12-20-17-9-6-5-8-15(17)13-19/h5-6,8-9,16,18H,3-4,7,10-14H2,1-2H3. The monoisotopic (exact) mass is 276 g/mol. The number of ether oxygens (including phenoxy) is 1. The molecule has 1 aliphatic rings. The van der Waals surface area contributed by atoms with Crippen LogP contribution in [0.3, 0.4) is 0 Å². The summed E-state index contributed by atoms with van der Waals surface area (Å²) in [5, 5.41) is 3.68. The summed E-state index contributed by atoms with van der Waals surface area (Å²) in [5.74, 6) is 1.06. The molecule has 0 aliphatic carbocycles. The lowest BCUT2D eigenvalue weighted by molar-refractivity contribution is 0.203. The Balaban J connectivity index is 1.94. The van der Waals surface area contributed by atoms with Crippen molar-refractivity contribution in [3.8, 4) is 5.75 Å². The topological polar surface area (TPSA) is 24.5 Å². The summed E-state index contributed by atoms with van der Waals surface area (Å²) < 4.78 is 5.84. The third-order valence-corrected chi connectivity index (χ3v) is 3.83. The molecule has 0 aromatic heterocycles. The summed E-state index contributed by atoms with van der Waals surface area (Å²) in [6, 6.07) is 9.02. The molecule has 0 saturated heterocycles. The van der Waals surface area contributed by atoms with Gasteiger partial charge >= 0.3 is 0 Å². The van der Waals surface area contributed by atoms with Crippen molar-refractivity contribution in [2.75, 3.05) is 26.2 Å². The molecule has 1 N–H and O–H groups in total. The van der Waals surface area contributed by atoms with Crippen molar-refractivity contribution >= 4 is 0 Å². The van der Waals surface area contributed by atoms with E-state index in [1.54, 1.807) is 0 Å². The summed E-state index contributed by atoms with van der Waals surface area (Å²) in [6.07, 6.45) is 3.69. The van der Waals surface area contributed by atoms with Crippen LogP contribution in [0.5, 0.6) is 5.75 Å². The quantitative estimate of drug-likeness (QED) is 0.828. The van der Waals surface area contributed by atoms with E-state index in [0.717, 1.165) is 38.5 Å². The third-order valence-electron chi connectivity index (χ3n) is 3.83. The highest BCUT2D eigenvalue weighted by molar-refractivity contribution is 5.33. The molecule has 1 aliphatic heterocycles. The highest BCUT2D eigenvalue weighted by atomic mass is 16.5. The Labute approximate surface area is 123 Å². The van der Waals surface area contributed by atoms with E-state index in [1.165, 1.54) is 24.8 Å². The number of rotatable bonds is 7. The van der Waals surface area contributed by atoms with E-state index in [9.17, 15) is 0 Å². The second-order valence-corrected chi connectivity index (χ2v) is 5.63. The maximum Gasteiger partial charge on any atom is 0.123 e. The van der Waals surface area contributed by atoms with Crippen LogP contribution in [0, 0.1) is 0 Å². The van der Waals surface area contributed by atoms with E-state index >= 15 is 0 Å². The lowest BCUT2D eigenvalue weighted by atomic mass is 10.1. The van der Waals surface area contributed by atoms with Crippen molar-refractivity contribution in [2.45, 2.75) is 45.7 Å². The van der Waals surface area contributed by atoms with Gasteiger partial charge in [0.2, 0.25) is 0 Å². The van der Waals surface area contributed by atoms with Gasteiger partial charge in [-0.3, -0.25) is 4.90 Å². The van der Waals surface area contributed by atoms with Gasteiger partial charge in [0.05, 0.1) is 0 Å². The van der Waals surface area contributed by atoms with Gasteiger partial charge in [-0.25, -0.2) is 0 Å². The minimum Gasteiger partial charge on any atom is -0.492 e. The van der Waals surface area contributed by atoms with Crippen LogP contribution in [-0.2, 0) is 6.54 Å². The van der Waals surface area contributed by atoms with E-state index in [4.69, 9.17) is 4.74 Å². The van der Waals surface area contributed by atoms with Crippen molar-refractivity contribution in [3.05, 3.63) is 29.8 Å². The molecule has 0 spiro atoms. The Morgan fingerprint density at radius 1 is 1.25 bits per heavy atom. The molecule has 0 amide bonds. The van der Waals surface area contributed by atoms with E-state index < -0.39 is 0 Å². The molecule has 1 heterocycles. The van der Waals surface area contributed by atoms with Crippen molar-refractivity contribution in [1.82, 2.24) is 10.2 Å². The fourth-order valence-electron chi connectivity index (χ4n) is 2.80. The fraction of sp³-hybridized carbons (Fsp3) is 0.647. The lowest BCUT2D eigenvalue weighted by Crippen LogP contribution is -2.41. The van der Waals surface area contributed by atoms with E-state index in [-0.39, 0.29) is 0 Å². The number of nitrogens with zero attached hydrogens (tertiary/aromatic N) is 1. The van der Waals surface area contributed by atoms with Crippen LogP contribution in [0.4, 0.5) is 0 Å². The second-order valence-electron chi connectivity index (χ2n) is 5.63. The molecule has 3 nitrogen and oxygen atoms in total. The smallest absolute Gasteiger partial charge is 0.123 e. The zero-order valence-corrected chi connectivity index (χ0v) is 12.9. The largest absolute Gasteiger partial charge is 0.492 e. The predicted molar refractivity (Wildman–Crippen MR) is 84.2 cm³/mol. The van der Waals surface area contributed by atoms with Gasteiger partial charge in [0.25, 0.3) is 0 Å². The maximum absolute atomic E-state index is 5.84. The number of fused-ring (bicyclic) bond motifs is 1. The molecule has 1 aromatic carbocycles. The molecule has 0 fully saturated rings. The van der Waals surface area contributed by atoms with Gasteiger partial charge in [0, 0.05) is 31.2 Å². The molecule has 0 saturated carbocycles. The third kappa shape index (κ3) is 4.50. The summed E-state index contributed by atoms with van der Waals surface area (Å²) >= 11 is 0. The fourth-order valence-corrected chi connectivity index (χ4v) is 2.80. The number of hydrogen-bond donors (Lipinski definition) is 1. The van der Waals surface area contributed by atoms with Crippen LogP contribution in [0.15, 0.2) is 24.3 Å². The molecular weight excluding hydrogens is 248 g/mol. The van der Waals surface area contributed by atoms with Gasteiger partial charge in [0.1, 0.15) is 12.4 Å². The minimum atomic E-state index is 0.602. The van der Waals surface area contributed by atoms with Gasteiger partial charge in [-0.1, -0.05) is 38.5 Å². The first-order valence-corrected chi connectivity index (χ1v) is 8.00. The minimum absolute atomic E-state index is 0.602. The normalized spacial score (nSPS) is 17.1. The van der Waals surface area contributed by atoms with Crippen LogP contribution in [0.25, 0.3) is 0 Å². The Morgan fingerprint density at radius 2 is 2.10 bits per heavy atom.